The van der Waals surface area contributed by atoms with Crippen LogP contribution in [0.3, 0.4) is 0 Å². The van der Waals surface area contributed by atoms with Crippen molar-refractivity contribution >= 4 is 11.7 Å². The van der Waals surface area contributed by atoms with Crippen LogP contribution in [0.5, 0.6) is 0 Å². The minimum atomic E-state index is -0.0757. The van der Waals surface area contributed by atoms with Gasteiger partial charge in [0.1, 0.15) is 17.3 Å². The number of anilines is 1. The van der Waals surface area contributed by atoms with Gasteiger partial charge in [0.05, 0.1) is 5.69 Å². The lowest BCUT2D eigenvalue weighted by Crippen LogP contribution is -2.36. The fourth-order valence-corrected chi connectivity index (χ4v) is 4.06. The van der Waals surface area contributed by atoms with Gasteiger partial charge in [0.25, 0.3) is 5.91 Å². The number of aryl methyl sites for hydroxylation is 1. The third kappa shape index (κ3) is 2.49. The van der Waals surface area contributed by atoms with Gasteiger partial charge in [-0.3, -0.25) is 9.89 Å². The molecule has 0 unspecified atom stereocenters. The molecule has 1 amide bonds. The topological polar surface area (TPSA) is 86.8 Å². The van der Waals surface area contributed by atoms with Crippen LogP contribution in [0.1, 0.15) is 57.6 Å². The van der Waals surface area contributed by atoms with Gasteiger partial charge < -0.3 is 10.2 Å². The Hall–Kier alpha value is -2.44. The number of carbonyl (C=O) groups is 1. The van der Waals surface area contributed by atoms with Crippen LogP contribution >= 0.6 is 0 Å². The number of aromatic nitrogens is 4. The van der Waals surface area contributed by atoms with Crippen molar-refractivity contribution in [1.82, 2.24) is 25.5 Å². The Morgan fingerprint density at radius 1 is 1.08 bits per heavy atom. The van der Waals surface area contributed by atoms with Crippen LogP contribution in [-0.2, 0) is 19.3 Å². The van der Waals surface area contributed by atoms with Crippen LogP contribution in [0.25, 0.3) is 0 Å². The Labute approximate surface area is 146 Å². The summed E-state index contributed by atoms with van der Waals surface area (Å²) in [6.45, 7) is 4.33. The van der Waals surface area contributed by atoms with Crippen molar-refractivity contribution in [3.05, 3.63) is 34.0 Å². The number of amides is 1. The lowest BCUT2D eigenvalue weighted by atomic mass is 10.1. The summed E-state index contributed by atoms with van der Waals surface area (Å²) >= 11 is 0. The van der Waals surface area contributed by atoms with Crippen LogP contribution in [-0.4, -0.2) is 45.7 Å². The third-order valence-corrected chi connectivity index (χ3v) is 5.48. The van der Waals surface area contributed by atoms with Crippen molar-refractivity contribution < 1.29 is 4.79 Å². The summed E-state index contributed by atoms with van der Waals surface area (Å²) in [4.78, 5) is 23.6. The van der Waals surface area contributed by atoms with Crippen molar-refractivity contribution in [2.24, 2.45) is 0 Å². The van der Waals surface area contributed by atoms with E-state index < -0.39 is 0 Å². The fraction of sp³-hybridized carbons (Fsp3) is 0.556. The molecule has 0 spiro atoms. The molecule has 2 aliphatic heterocycles. The maximum absolute atomic E-state index is 12.2. The number of aromatic amines is 1. The van der Waals surface area contributed by atoms with Gasteiger partial charge in [-0.05, 0) is 38.2 Å². The zero-order valence-corrected chi connectivity index (χ0v) is 14.4. The molecule has 3 aliphatic rings. The molecule has 2 aromatic rings. The Morgan fingerprint density at radius 3 is 2.76 bits per heavy atom. The largest absolute Gasteiger partial charge is 0.356 e. The number of carbonyl (C=O) groups excluding carboxylic acids is 1. The van der Waals surface area contributed by atoms with Crippen LogP contribution < -0.4 is 10.2 Å². The van der Waals surface area contributed by atoms with E-state index in [-0.39, 0.29) is 5.91 Å². The molecule has 2 aromatic heterocycles. The standard InChI is InChI=1S/C18H22N6O/c1-10-20-16-13(4-7-19-18(16)25)17(21-10)24-8-5-12-14(6-9-24)22-23-15(12)11-2-3-11/h11H,2-9H2,1H3,(H,19,25)(H,22,23). The van der Waals surface area contributed by atoms with Crippen molar-refractivity contribution in [3.8, 4) is 0 Å². The monoisotopic (exact) mass is 338 g/mol. The van der Waals surface area contributed by atoms with E-state index in [2.05, 4.69) is 25.4 Å². The molecule has 2 N–H and O–H groups in total. The lowest BCUT2D eigenvalue weighted by molar-refractivity contribution is 0.0940. The summed E-state index contributed by atoms with van der Waals surface area (Å²) in [5, 5.41) is 10.7. The second-order valence-electron chi connectivity index (χ2n) is 7.25. The molecule has 0 aromatic carbocycles. The van der Waals surface area contributed by atoms with Gasteiger partial charge in [0.2, 0.25) is 0 Å². The molecule has 4 heterocycles. The molecule has 5 rings (SSSR count). The van der Waals surface area contributed by atoms with E-state index in [4.69, 9.17) is 4.98 Å². The first-order valence-corrected chi connectivity index (χ1v) is 9.17. The van der Waals surface area contributed by atoms with Gasteiger partial charge in [0.15, 0.2) is 0 Å². The molecule has 130 valence electrons. The Bertz CT molecular complexity index is 853. The Kier molecular flexibility index (Phi) is 3.29. The zero-order chi connectivity index (χ0) is 17.0. The number of hydrogen-bond acceptors (Lipinski definition) is 5. The third-order valence-electron chi connectivity index (χ3n) is 5.48. The van der Waals surface area contributed by atoms with E-state index >= 15 is 0 Å². The average Bonchev–Trinajstić information content (AvgIpc) is 3.40. The Balaban J connectivity index is 1.48. The number of H-pyrrole nitrogens is 1. The molecule has 1 aliphatic carbocycles. The molecule has 1 saturated carbocycles. The summed E-state index contributed by atoms with van der Waals surface area (Å²) in [6, 6.07) is 0. The molecule has 0 saturated heterocycles. The van der Waals surface area contributed by atoms with E-state index in [1.165, 1.54) is 29.8 Å². The van der Waals surface area contributed by atoms with Crippen LogP contribution in [0.2, 0.25) is 0 Å². The molecule has 7 nitrogen and oxygen atoms in total. The first-order chi connectivity index (χ1) is 12.2. The molecular formula is C18H22N6O. The first-order valence-electron chi connectivity index (χ1n) is 9.17. The number of nitrogens with one attached hydrogen (secondary N) is 2. The van der Waals surface area contributed by atoms with Gasteiger partial charge in [0, 0.05) is 43.2 Å². The van der Waals surface area contributed by atoms with Crippen molar-refractivity contribution in [2.45, 2.75) is 44.9 Å². The molecule has 0 bridgehead atoms. The average molecular weight is 338 g/mol. The second kappa shape index (κ2) is 5.54. The predicted octanol–water partition coefficient (Wildman–Crippen LogP) is 1.28. The van der Waals surface area contributed by atoms with Crippen LogP contribution in [0.4, 0.5) is 5.82 Å². The van der Waals surface area contributed by atoms with Gasteiger partial charge in [-0.2, -0.15) is 5.10 Å². The van der Waals surface area contributed by atoms with E-state index in [9.17, 15) is 4.79 Å². The van der Waals surface area contributed by atoms with Gasteiger partial charge >= 0.3 is 0 Å². The summed E-state index contributed by atoms with van der Waals surface area (Å²) < 4.78 is 0. The van der Waals surface area contributed by atoms with E-state index in [1.54, 1.807) is 0 Å². The molecule has 1 fully saturated rings. The summed E-state index contributed by atoms with van der Waals surface area (Å²) in [5.74, 6) is 2.20. The normalized spacial score (nSPS) is 19.9. The summed E-state index contributed by atoms with van der Waals surface area (Å²) in [5.41, 5.74) is 5.54. The van der Waals surface area contributed by atoms with E-state index in [0.29, 0.717) is 24.0 Å². The number of fused-ring (bicyclic) bond motifs is 2. The van der Waals surface area contributed by atoms with Gasteiger partial charge in [-0.15, -0.1) is 0 Å². The van der Waals surface area contributed by atoms with Gasteiger partial charge in [-0.1, -0.05) is 0 Å². The highest BCUT2D eigenvalue weighted by molar-refractivity contribution is 5.96. The first kappa shape index (κ1) is 14.9. The highest BCUT2D eigenvalue weighted by Crippen LogP contribution is 2.42. The summed E-state index contributed by atoms with van der Waals surface area (Å²) in [6.07, 6.45) is 5.28. The second-order valence-corrected chi connectivity index (χ2v) is 7.25. The summed E-state index contributed by atoms with van der Waals surface area (Å²) in [7, 11) is 0. The lowest BCUT2D eigenvalue weighted by Gasteiger charge is -2.27. The van der Waals surface area contributed by atoms with Crippen molar-refractivity contribution in [1.29, 1.82) is 0 Å². The van der Waals surface area contributed by atoms with Gasteiger partial charge in [-0.25, -0.2) is 9.97 Å². The van der Waals surface area contributed by atoms with Crippen molar-refractivity contribution in [3.63, 3.8) is 0 Å². The van der Waals surface area contributed by atoms with E-state index in [0.717, 1.165) is 43.7 Å². The number of hydrogen-bond donors (Lipinski definition) is 2. The number of rotatable bonds is 2. The number of nitrogens with zero attached hydrogens (tertiary/aromatic N) is 4. The SMILES string of the molecule is Cc1nc2c(c(N3CCc4[nH]nc(C5CC5)c4CC3)n1)CCNC2=O. The smallest absolute Gasteiger partial charge is 0.270 e. The van der Waals surface area contributed by atoms with E-state index in [1.807, 2.05) is 6.92 Å². The fourth-order valence-electron chi connectivity index (χ4n) is 4.06. The van der Waals surface area contributed by atoms with Crippen LogP contribution in [0.15, 0.2) is 0 Å². The Morgan fingerprint density at radius 2 is 1.92 bits per heavy atom. The molecule has 0 atom stereocenters. The quantitative estimate of drug-likeness (QED) is 0.861. The molecule has 25 heavy (non-hydrogen) atoms. The highest BCUT2D eigenvalue weighted by Gasteiger charge is 2.32. The minimum Gasteiger partial charge on any atom is -0.356 e. The van der Waals surface area contributed by atoms with Crippen LogP contribution in [0, 0.1) is 6.92 Å². The minimum absolute atomic E-state index is 0.0757. The molecule has 7 heteroatoms. The maximum Gasteiger partial charge on any atom is 0.270 e. The van der Waals surface area contributed by atoms with Crippen molar-refractivity contribution in [2.75, 3.05) is 24.5 Å². The molecule has 0 radical (unpaired) electrons. The zero-order valence-electron chi connectivity index (χ0n) is 14.4. The highest BCUT2D eigenvalue weighted by atomic mass is 16.1. The predicted molar refractivity (Wildman–Crippen MR) is 93.0 cm³/mol. The maximum atomic E-state index is 12.2. The molecular weight excluding hydrogens is 316 g/mol.